The molecule has 1 N–H and O–H groups in total. The van der Waals surface area contributed by atoms with Crippen LogP contribution in [0.5, 0.6) is 5.75 Å². The SMILES string of the molecule is CCOc1c(Br)cc(CNC2CCS(=O)(=O)CC2)cc1Br. The first kappa shape index (κ1) is 17.2. The number of sulfone groups is 1. The number of halogens is 2. The quantitative estimate of drug-likeness (QED) is 0.763. The summed E-state index contributed by atoms with van der Waals surface area (Å²) in [6.45, 7) is 3.28. The Morgan fingerprint density at radius 3 is 2.33 bits per heavy atom. The van der Waals surface area contributed by atoms with Gasteiger partial charge in [-0.05, 0) is 69.3 Å². The molecule has 4 nitrogen and oxygen atoms in total. The lowest BCUT2D eigenvalue weighted by Crippen LogP contribution is -2.37. The molecule has 1 saturated heterocycles. The van der Waals surface area contributed by atoms with Crippen LogP contribution in [0.1, 0.15) is 25.3 Å². The minimum absolute atomic E-state index is 0.276. The van der Waals surface area contributed by atoms with E-state index in [1.54, 1.807) is 0 Å². The van der Waals surface area contributed by atoms with Crippen molar-refractivity contribution in [1.82, 2.24) is 5.32 Å². The number of benzene rings is 1. The molecule has 0 saturated carbocycles. The first-order valence-electron chi connectivity index (χ1n) is 6.96. The Balaban J connectivity index is 1.95. The fourth-order valence-electron chi connectivity index (χ4n) is 2.35. The maximum Gasteiger partial charge on any atom is 0.150 e. The van der Waals surface area contributed by atoms with Crippen LogP contribution < -0.4 is 10.1 Å². The minimum atomic E-state index is -2.80. The van der Waals surface area contributed by atoms with Crippen LogP contribution in [0.25, 0.3) is 0 Å². The summed E-state index contributed by atoms with van der Waals surface area (Å²) in [5.74, 6) is 1.40. The second-order valence-electron chi connectivity index (χ2n) is 5.13. The monoisotopic (exact) mass is 439 g/mol. The first-order valence-corrected chi connectivity index (χ1v) is 10.4. The summed E-state index contributed by atoms with van der Waals surface area (Å²) < 4.78 is 30.2. The second kappa shape index (κ2) is 7.44. The molecule has 1 fully saturated rings. The normalized spacial score (nSPS) is 18.6. The third-order valence-electron chi connectivity index (χ3n) is 3.50. The molecule has 1 aliphatic heterocycles. The summed E-state index contributed by atoms with van der Waals surface area (Å²) in [6.07, 6.45) is 1.39. The van der Waals surface area contributed by atoms with Crippen LogP contribution in [0.15, 0.2) is 21.1 Å². The Morgan fingerprint density at radius 2 is 1.81 bits per heavy atom. The van der Waals surface area contributed by atoms with Crippen LogP contribution in [0.3, 0.4) is 0 Å². The van der Waals surface area contributed by atoms with Gasteiger partial charge in [-0.15, -0.1) is 0 Å². The van der Waals surface area contributed by atoms with E-state index < -0.39 is 9.84 Å². The van der Waals surface area contributed by atoms with E-state index in [1.165, 1.54) is 0 Å². The molecule has 1 aromatic rings. The fraction of sp³-hybridized carbons (Fsp3) is 0.571. The van der Waals surface area contributed by atoms with Gasteiger partial charge in [0.1, 0.15) is 15.6 Å². The van der Waals surface area contributed by atoms with E-state index in [-0.39, 0.29) is 6.04 Å². The third-order valence-corrected chi connectivity index (χ3v) is 6.39. The van der Waals surface area contributed by atoms with Crippen molar-refractivity contribution < 1.29 is 13.2 Å². The number of ether oxygens (including phenoxy) is 1. The third kappa shape index (κ3) is 4.94. The van der Waals surface area contributed by atoms with E-state index in [0.29, 0.717) is 37.5 Å². The van der Waals surface area contributed by atoms with Crippen LogP contribution in [-0.4, -0.2) is 32.6 Å². The topological polar surface area (TPSA) is 55.4 Å². The lowest BCUT2D eigenvalue weighted by molar-refractivity contribution is 0.336. The molecule has 7 heteroatoms. The molecule has 21 heavy (non-hydrogen) atoms. The molecule has 0 radical (unpaired) electrons. The van der Waals surface area contributed by atoms with Gasteiger partial charge < -0.3 is 10.1 Å². The molecule has 1 aromatic carbocycles. The van der Waals surface area contributed by atoms with Gasteiger partial charge in [-0.1, -0.05) is 0 Å². The fourth-order valence-corrected chi connectivity index (χ4v) is 5.35. The number of nitrogens with one attached hydrogen (secondary N) is 1. The predicted octanol–water partition coefficient (Wildman–Crippen LogP) is 3.28. The molecule has 0 unspecified atom stereocenters. The van der Waals surface area contributed by atoms with Gasteiger partial charge in [0.15, 0.2) is 0 Å². The van der Waals surface area contributed by atoms with Crippen molar-refractivity contribution in [2.45, 2.75) is 32.4 Å². The van der Waals surface area contributed by atoms with Gasteiger partial charge in [0, 0.05) is 12.6 Å². The predicted molar refractivity (Wildman–Crippen MR) is 91.5 cm³/mol. The number of hydrogen-bond acceptors (Lipinski definition) is 4. The standard InChI is InChI=1S/C14H19Br2NO3S/c1-2-20-14-12(15)7-10(8-13(14)16)9-17-11-3-5-21(18,19)6-4-11/h7-8,11,17H,2-6,9H2,1H3. The van der Waals surface area contributed by atoms with Crippen molar-refractivity contribution in [3.05, 3.63) is 26.6 Å². The summed E-state index contributed by atoms with van der Waals surface area (Å²) >= 11 is 7.04. The molecular weight excluding hydrogens is 422 g/mol. The van der Waals surface area contributed by atoms with Gasteiger partial charge in [0.05, 0.1) is 27.1 Å². The Kier molecular flexibility index (Phi) is 6.11. The average molecular weight is 441 g/mol. The Morgan fingerprint density at radius 1 is 1.24 bits per heavy atom. The molecule has 1 aliphatic rings. The smallest absolute Gasteiger partial charge is 0.150 e. The van der Waals surface area contributed by atoms with Crippen molar-refractivity contribution in [3.8, 4) is 5.75 Å². The Bertz CT molecular complexity index is 567. The molecule has 118 valence electrons. The van der Waals surface area contributed by atoms with E-state index >= 15 is 0 Å². The summed E-state index contributed by atoms with van der Waals surface area (Å²) in [5, 5.41) is 3.43. The zero-order valence-electron chi connectivity index (χ0n) is 11.9. The maximum absolute atomic E-state index is 11.4. The lowest BCUT2D eigenvalue weighted by atomic mass is 10.1. The molecule has 0 aliphatic carbocycles. The van der Waals surface area contributed by atoms with E-state index in [9.17, 15) is 8.42 Å². The molecule has 0 atom stereocenters. The highest BCUT2D eigenvalue weighted by molar-refractivity contribution is 9.11. The number of rotatable bonds is 5. The van der Waals surface area contributed by atoms with Gasteiger partial charge in [0.25, 0.3) is 0 Å². The van der Waals surface area contributed by atoms with Crippen molar-refractivity contribution in [2.24, 2.45) is 0 Å². The number of hydrogen-bond donors (Lipinski definition) is 1. The average Bonchev–Trinajstić information content (AvgIpc) is 2.42. The Hall–Kier alpha value is -0.110. The van der Waals surface area contributed by atoms with Gasteiger partial charge in [-0.25, -0.2) is 8.42 Å². The Labute approximate surface area is 142 Å². The molecule has 0 amide bonds. The zero-order valence-corrected chi connectivity index (χ0v) is 15.9. The summed E-state index contributed by atoms with van der Waals surface area (Å²) in [5.41, 5.74) is 1.13. The summed E-state index contributed by atoms with van der Waals surface area (Å²) in [4.78, 5) is 0. The summed E-state index contributed by atoms with van der Waals surface area (Å²) in [6, 6.07) is 4.34. The van der Waals surface area contributed by atoms with E-state index in [1.807, 2.05) is 19.1 Å². The van der Waals surface area contributed by atoms with Gasteiger partial charge >= 0.3 is 0 Å². The second-order valence-corrected chi connectivity index (χ2v) is 9.14. The van der Waals surface area contributed by atoms with E-state index in [0.717, 1.165) is 20.3 Å². The van der Waals surface area contributed by atoms with Crippen LogP contribution >= 0.6 is 31.9 Å². The highest BCUT2D eigenvalue weighted by atomic mass is 79.9. The van der Waals surface area contributed by atoms with Gasteiger partial charge in [-0.2, -0.15) is 0 Å². The van der Waals surface area contributed by atoms with Crippen molar-refractivity contribution in [3.63, 3.8) is 0 Å². The van der Waals surface area contributed by atoms with Gasteiger partial charge in [-0.3, -0.25) is 0 Å². The van der Waals surface area contributed by atoms with Crippen LogP contribution in [0.2, 0.25) is 0 Å². The van der Waals surface area contributed by atoms with Crippen LogP contribution in [0, 0.1) is 0 Å². The van der Waals surface area contributed by atoms with Crippen molar-refractivity contribution in [1.29, 1.82) is 0 Å². The van der Waals surface area contributed by atoms with E-state index in [4.69, 9.17) is 4.74 Å². The molecular formula is C14H19Br2NO3S. The molecule has 0 spiro atoms. The highest BCUT2D eigenvalue weighted by Gasteiger charge is 2.23. The highest BCUT2D eigenvalue weighted by Crippen LogP contribution is 2.34. The van der Waals surface area contributed by atoms with Crippen LogP contribution in [-0.2, 0) is 16.4 Å². The lowest BCUT2D eigenvalue weighted by Gasteiger charge is -2.23. The maximum atomic E-state index is 11.4. The van der Waals surface area contributed by atoms with Gasteiger partial charge in [0.2, 0.25) is 0 Å². The zero-order chi connectivity index (χ0) is 15.5. The minimum Gasteiger partial charge on any atom is -0.492 e. The molecule has 0 bridgehead atoms. The molecule has 1 heterocycles. The largest absolute Gasteiger partial charge is 0.492 e. The molecule has 2 rings (SSSR count). The van der Waals surface area contributed by atoms with Crippen molar-refractivity contribution in [2.75, 3.05) is 18.1 Å². The summed E-state index contributed by atoms with van der Waals surface area (Å²) in [7, 11) is -2.80. The van der Waals surface area contributed by atoms with E-state index in [2.05, 4.69) is 37.2 Å². The molecule has 0 aromatic heterocycles. The van der Waals surface area contributed by atoms with Crippen LogP contribution in [0.4, 0.5) is 0 Å². The first-order chi connectivity index (χ1) is 9.91. The van der Waals surface area contributed by atoms with Crippen molar-refractivity contribution >= 4 is 41.7 Å².